The molecule has 1 nitrogen and oxygen atoms in total. The molecule has 1 aromatic carbocycles. The van der Waals surface area contributed by atoms with Crippen molar-refractivity contribution < 1.29 is 4.39 Å². The van der Waals surface area contributed by atoms with Gasteiger partial charge < -0.3 is 5.32 Å². The number of likely N-dealkylation sites (N-methyl/N-ethyl adjacent to an activating group) is 1. The van der Waals surface area contributed by atoms with E-state index < -0.39 is 0 Å². The minimum absolute atomic E-state index is 0.114. The summed E-state index contributed by atoms with van der Waals surface area (Å²) in [6, 6.07) is 5.64. The van der Waals surface area contributed by atoms with Crippen LogP contribution in [0.15, 0.2) is 18.2 Å². The Balaban J connectivity index is 1.91. The van der Waals surface area contributed by atoms with Gasteiger partial charge in [-0.15, -0.1) is 0 Å². The van der Waals surface area contributed by atoms with E-state index in [4.69, 9.17) is 0 Å². The molecule has 0 amide bonds. The summed E-state index contributed by atoms with van der Waals surface area (Å²) < 4.78 is 13.4. The van der Waals surface area contributed by atoms with Crippen LogP contribution < -0.4 is 5.32 Å². The number of hydrogen-bond donors (Lipinski definition) is 1. The Hall–Kier alpha value is -0.890. The van der Waals surface area contributed by atoms with Crippen molar-refractivity contribution in [2.24, 2.45) is 5.92 Å². The first kappa shape index (κ1) is 15.5. The molecule has 112 valence electrons. The van der Waals surface area contributed by atoms with Gasteiger partial charge in [-0.05, 0) is 61.9 Å². The summed E-state index contributed by atoms with van der Waals surface area (Å²) in [6.07, 6.45) is 9.15. The molecular weight excluding hydrogens is 249 g/mol. The van der Waals surface area contributed by atoms with E-state index in [1.807, 2.05) is 6.07 Å². The molecule has 20 heavy (non-hydrogen) atoms. The van der Waals surface area contributed by atoms with Crippen molar-refractivity contribution >= 4 is 0 Å². The zero-order valence-corrected chi connectivity index (χ0v) is 12.9. The lowest BCUT2D eigenvalue weighted by atomic mass is 9.93. The van der Waals surface area contributed by atoms with Crippen LogP contribution in [-0.2, 0) is 6.42 Å². The summed E-state index contributed by atoms with van der Waals surface area (Å²) >= 11 is 0. The fourth-order valence-electron chi connectivity index (χ4n) is 3.43. The molecule has 0 heterocycles. The molecule has 0 spiro atoms. The van der Waals surface area contributed by atoms with E-state index in [-0.39, 0.29) is 5.82 Å². The van der Waals surface area contributed by atoms with Gasteiger partial charge in [0.25, 0.3) is 0 Å². The highest BCUT2D eigenvalue weighted by molar-refractivity contribution is 5.27. The normalized spacial score (nSPS) is 17.6. The fraction of sp³-hybridized carbons (Fsp3) is 0.667. The summed E-state index contributed by atoms with van der Waals surface area (Å²) in [5.41, 5.74) is 2.36. The van der Waals surface area contributed by atoms with Crippen LogP contribution in [0.3, 0.4) is 0 Å². The molecule has 2 heteroatoms. The van der Waals surface area contributed by atoms with E-state index in [1.54, 1.807) is 12.1 Å². The van der Waals surface area contributed by atoms with Gasteiger partial charge in [-0.3, -0.25) is 0 Å². The number of rotatable bonds is 7. The summed E-state index contributed by atoms with van der Waals surface area (Å²) in [5.74, 6) is 0.821. The molecule has 1 unspecified atom stereocenters. The van der Waals surface area contributed by atoms with E-state index in [9.17, 15) is 4.39 Å². The third-order valence-electron chi connectivity index (χ3n) is 4.67. The van der Waals surface area contributed by atoms with Crippen molar-refractivity contribution in [2.45, 2.75) is 64.8 Å². The van der Waals surface area contributed by atoms with Crippen molar-refractivity contribution in [1.29, 1.82) is 0 Å². The van der Waals surface area contributed by atoms with Crippen LogP contribution in [0.5, 0.6) is 0 Å². The largest absolute Gasteiger partial charge is 0.314 e. The number of halogens is 1. The van der Waals surface area contributed by atoms with E-state index in [0.29, 0.717) is 6.04 Å². The molecule has 1 aliphatic rings. The Bertz CT molecular complexity index is 410. The first-order valence-corrected chi connectivity index (χ1v) is 8.17. The van der Waals surface area contributed by atoms with Gasteiger partial charge in [-0.1, -0.05) is 38.7 Å². The SMILES string of the molecule is CCNC(CCC1CCCC1)Cc1cc(F)ccc1C. The molecule has 1 aliphatic carbocycles. The van der Waals surface area contributed by atoms with Crippen LogP contribution in [-0.4, -0.2) is 12.6 Å². The molecule has 1 saturated carbocycles. The minimum atomic E-state index is -0.114. The van der Waals surface area contributed by atoms with E-state index in [2.05, 4.69) is 19.2 Å². The Morgan fingerprint density at radius 2 is 2.05 bits per heavy atom. The highest BCUT2D eigenvalue weighted by Crippen LogP contribution is 2.29. The maximum absolute atomic E-state index is 13.4. The molecule has 0 bridgehead atoms. The Morgan fingerprint density at radius 1 is 1.30 bits per heavy atom. The van der Waals surface area contributed by atoms with E-state index in [0.717, 1.165) is 24.4 Å². The van der Waals surface area contributed by atoms with Crippen molar-refractivity contribution in [3.63, 3.8) is 0 Å². The Morgan fingerprint density at radius 3 is 2.75 bits per heavy atom. The quantitative estimate of drug-likeness (QED) is 0.766. The number of aryl methyl sites for hydroxylation is 1. The van der Waals surface area contributed by atoms with Crippen LogP contribution in [0, 0.1) is 18.7 Å². The molecule has 2 rings (SSSR count). The molecule has 1 fully saturated rings. The van der Waals surface area contributed by atoms with Crippen LogP contribution >= 0.6 is 0 Å². The second-order valence-electron chi connectivity index (χ2n) is 6.26. The highest BCUT2D eigenvalue weighted by Gasteiger charge is 2.17. The van der Waals surface area contributed by atoms with Gasteiger partial charge >= 0.3 is 0 Å². The number of nitrogens with one attached hydrogen (secondary N) is 1. The lowest BCUT2D eigenvalue weighted by molar-refractivity contribution is 0.407. The zero-order chi connectivity index (χ0) is 14.4. The van der Waals surface area contributed by atoms with Gasteiger partial charge in [0.15, 0.2) is 0 Å². The van der Waals surface area contributed by atoms with Gasteiger partial charge in [0.05, 0.1) is 0 Å². The predicted molar refractivity (Wildman–Crippen MR) is 83.5 cm³/mol. The van der Waals surface area contributed by atoms with Gasteiger partial charge in [-0.2, -0.15) is 0 Å². The molecular formula is C18H28FN. The summed E-state index contributed by atoms with van der Waals surface area (Å²) in [6.45, 7) is 5.22. The maximum atomic E-state index is 13.4. The van der Waals surface area contributed by atoms with Gasteiger partial charge in [0.2, 0.25) is 0 Å². The van der Waals surface area contributed by atoms with Gasteiger partial charge in [0.1, 0.15) is 5.82 Å². The third-order valence-corrected chi connectivity index (χ3v) is 4.67. The summed E-state index contributed by atoms with van der Waals surface area (Å²) in [5, 5.41) is 3.58. The van der Waals surface area contributed by atoms with Gasteiger partial charge in [-0.25, -0.2) is 4.39 Å². The molecule has 1 atom stereocenters. The highest BCUT2D eigenvalue weighted by atomic mass is 19.1. The summed E-state index contributed by atoms with van der Waals surface area (Å²) in [4.78, 5) is 0. The topological polar surface area (TPSA) is 12.0 Å². The molecule has 0 aromatic heterocycles. The standard InChI is InChI=1S/C18H28FN/c1-3-20-18(11-9-15-6-4-5-7-15)13-16-12-17(19)10-8-14(16)2/h8,10,12,15,18,20H,3-7,9,11,13H2,1-2H3. The molecule has 1 aromatic rings. The van der Waals surface area contributed by atoms with Crippen molar-refractivity contribution in [2.75, 3.05) is 6.54 Å². The summed E-state index contributed by atoms with van der Waals surface area (Å²) in [7, 11) is 0. The lowest BCUT2D eigenvalue weighted by Crippen LogP contribution is -2.31. The molecule has 1 N–H and O–H groups in total. The van der Waals surface area contributed by atoms with Crippen molar-refractivity contribution in [1.82, 2.24) is 5.32 Å². The lowest BCUT2D eigenvalue weighted by Gasteiger charge is -2.21. The zero-order valence-electron chi connectivity index (χ0n) is 12.9. The van der Waals surface area contributed by atoms with Gasteiger partial charge in [0, 0.05) is 6.04 Å². The molecule has 0 saturated heterocycles. The van der Waals surface area contributed by atoms with Crippen LogP contribution in [0.2, 0.25) is 0 Å². The Kier molecular flexibility index (Phi) is 6.03. The van der Waals surface area contributed by atoms with Crippen molar-refractivity contribution in [3.8, 4) is 0 Å². The van der Waals surface area contributed by atoms with Crippen LogP contribution in [0.25, 0.3) is 0 Å². The first-order valence-electron chi connectivity index (χ1n) is 8.17. The number of hydrogen-bond acceptors (Lipinski definition) is 1. The smallest absolute Gasteiger partial charge is 0.123 e. The Labute approximate surface area is 123 Å². The fourth-order valence-corrected chi connectivity index (χ4v) is 3.43. The molecule has 0 radical (unpaired) electrons. The third kappa shape index (κ3) is 4.59. The van der Waals surface area contributed by atoms with Crippen molar-refractivity contribution in [3.05, 3.63) is 35.1 Å². The monoisotopic (exact) mass is 277 g/mol. The van der Waals surface area contributed by atoms with Crippen LogP contribution in [0.1, 0.15) is 56.6 Å². The minimum Gasteiger partial charge on any atom is -0.314 e. The average molecular weight is 277 g/mol. The maximum Gasteiger partial charge on any atom is 0.123 e. The number of benzene rings is 1. The van der Waals surface area contributed by atoms with Crippen LogP contribution in [0.4, 0.5) is 4.39 Å². The average Bonchev–Trinajstić information content (AvgIpc) is 2.93. The first-order chi connectivity index (χ1) is 9.69. The van der Waals surface area contributed by atoms with E-state index in [1.165, 1.54) is 44.1 Å². The second-order valence-corrected chi connectivity index (χ2v) is 6.26. The van der Waals surface area contributed by atoms with E-state index >= 15 is 0 Å². The predicted octanol–water partition coefficient (Wildman–Crippen LogP) is 4.63. The molecule has 0 aliphatic heterocycles. The second kappa shape index (κ2) is 7.78.